The highest BCUT2D eigenvalue weighted by atomic mass is 79.9. The van der Waals surface area contributed by atoms with Crippen molar-refractivity contribution in [3.8, 4) is 0 Å². The lowest BCUT2D eigenvalue weighted by Crippen LogP contribution is -2.18. The Balaban J connectivity index is 2.13. The van der Waals surface area contributed by atoms with Crippen LogP contribution in [0.2, 0.25) is 5.02 Å². The van der Waals surface area contributed by atoms with E-state index < -0.39 is 0 Å². The second-order valence-corrected chi connectivity index (χ2v) is 6.37. The van der Waals surface area contributed by atoms with E-state index in [0.29, 0.717) is 5.92 Å². The molecule has 2 nitrogen and oxygen atoms in total. The van der Waals surface area contributed by atoms with Gasteiger partial charge in [0, 0.05) is 12.4 Å². The lowest BCUT2D eigenvalue weighted by atomic mass is 9.88. The fraction of sp³-hybridized carbons (Fsp3) is 0.786. The molecule has 0 aromatic carbocycles. The number of rotatable bonds is 5. The molecule has 0 aliphatic heterocycles. The first-order chi connectivity index (χ1) is 8.67. The van der Waals surface area contributed by atoms with Crippen molar-refractivity contribution in [2.24, 2.45) is 18.9 Å². The Bertz CT molecular complexity index is 397. The molecule has 1 aromatic rings. The first kappa shape index (κ1) is 14.4. The van der Waals surface area contributed by atoms with Crippen molar-refractivity contribution in [1.29, 1.82) is 0 Å². The van der Waals surface area contributed by atoms with Gasteiger partial charge in [0.05, 0.1) is 16.4 Å². The van der Waals surface area contributed by atoms with E-state index in [2.05, 4.69) is 28.0 Å². The topological polar surface area (TPSA) is 17.8 Å². The van der Waals surface area contributed by atoms with Crippen molar-refractivity contribution in [1.82, 2.24) is 9.78 Å². The molecule has 0 radical (unpaired) electrons. The predicted molar refractivity (Wildman–Crippen MR) is 80.5 cm³/mol. The Hall–Kier alpha value is -0.0200. The van der Waals surface area contributed by atoms with Crippen LogP contribution in [0.5, 0.6) is 0 Å². The molecule has 18 heavy (non-hydrogen) atoms. The van der Waals surface area contributed by atoms with E-state index in [1.54, 1.807) is 0 Å². The van der Waals surface area contributed by atoms with Gasteiger partial charge >= 0.3 is 0 Å². The minimum absolute atomic E-state index is 0.699. The molecular formula is C14H22BrClN2. The van der Waals surface area contributed by atoms with Crippen molar-refractivity contribution >= 4 is 27.5 Å². The molecule has 0 N–H and O–H groups in total. The third-order valence-corrected chi connectivity index (χ3v) is 5.49. The zero-order valence-corrected chi connectivity index (χ0v) is 13.6. The summed E-state index contributed by atoms with van der Waals surface area (Å²) in [6, 6.07) is 0. The Morgan fingerprint density at radius 1 is 1.44 bits per heavy atom. The Labute approximate surface area is 123 Å². The molecular weight excluding hydrogens is 312 g/mol. The van der Waals surface area contributed by atoms with Gasteiger partial charge in [-0.15, -0.1) is 0 Å². The highest BCUT2D eigenvalue weighted by molar-refractivity contribution is 9.09. The quantitative estimate of drug-likeness (QED) is 0.731. The van der Waals surface area contributed by atoms with Gasteiger partial charge in [0.2, 0.25) is 0 Å². The Morgan fingerprint density at radius 3 is 2.61 bits per heavy atom. The molecule has 1 fully saturated rings. The Kier molecular flexibility index (Phi) is 5.14. The first-order valence-electron chi connectivity index (χ1n) is 6.93. The van der Waals surface area contributed by atoms with Crippen LogP contribution in [0.3, 0.4) is 0 Å². The van der Waals surface area contributed by atoms with Gasteiger partial charge < -0.3 is 0 Å². The highest BCUT2D eigenvalue weighted by Gasteiger charge is 2.26. The average molecular weight is 334 g/mol. The van der Waals surface area contributed by atoms with Crippen molar-refractivity contribution in [2.45, 2.75) is 45.4 Å². The van der Waals surface area contributed by atoms with Crippen LogP contribution in [0, 0.1) is 11.8 Å². The second kappa shape index (κ2) is 6.42. The number of aryl methyl sites for hydroxylation is 2. The summed E-state index contributed by atoms with van der Waals surface area (Å²) >= 11 is 10.1. The van der Waals surface area contributed by atoms with Crippen LogP contribution >= 0.6 is 27.5 Å². The van der Waals surface area contributed by atoms with E-state index in [4.69, 9.17) is 11.6 Å². The summed E-state index contributed by atoms with van der Waals surface area (Å²) in [5.41, 5.74) is 2.25. The van der Waals surface area contributed by atoms with E-state index in [0.717, 1.165) is 34.8 Å². The lowest BCUT2D eigenvalue weighted by Gasteiger charge is -2.21. The summed E-state index contributed by atoms with van der Waals surface area (Å²) in [6.07, 6.45) is 7.52. The SMILES string of the molecule is CCc1nn(C)c(CC(CBr)C2CCCC2)c1Cl. The number of alkyl halides is 1. The van der Waals surface area contributed by atoms with Gasteiger partial charge in [0.1, 0.15) is 0 Å². The van der Waals surface area contributed by atoms with Crippen LogP contribution in [-0.2, 0) is 19.9 Å². The second-order valence-electron chi connectivity index (χ2n) is 5.35. The van der Waals surface area contributed by atoms with E-state index in [-0.39, 0.29) is 0 Å². The van der Waals surface area contributed by atoms with Gasteiger partial charge in [-0.25, -0.2) is 0 Å². The maximum Gasteiger partial charge on any atom is 0.0849 e. The van der Waals surface area contributed by atoms with E-state index >= 15 is 0 Å². The lowest BCUT2D eigenvalue weighted by molar-refractivity contribution is 0.366. The molecule has 1 aromatic heterocycles. The third kappa shape index (κ3) is 2.93. The maximum absolute atomic E-state index is 6.44. The van der Waals surface area contributed by atoms with E-state index in [9.17, 15) is 0 Å². The minimum Gasteiger partial charge on any atom is -0.271 e. The molecule has 0 amide bonds. The van der Waals surface area contributed by atoms with Gasteiger partial charge in [0.15, 0.2) is 0 Å². The molecule has 0 spiro atoms. The fourth-order valence-electron chi connectivity index (χ4n) is 3.07. The van der Waals surface area contributed by atoms with Crippen LogP contribution in [0.25, 0.3) is 0 Å². The Morgan fingerprint density at radius 2 is 2.11 bits per heavy atom. The number of halogens is 2. The van der Waals surface area contributed by atoms with Gasteiger partial charge in [0.25, 0.3) is 0 Å². The van der Waals surface area contributed by atoms with E-state index in [1.807, 2.05) is 11.7 Å². The number of hydrogen-bond acceptors (Lipinski definition) is 1. The van der Waals surface area contributed by atoms with E-state index in [1.165, 1.54) is 31.4 Å². The molecule has 1 saturated carbocycles. The zero-order valence-electron chi connectivity index (χ0n) is 11.3. The summed E-state index contributed by atoms with van der Waals surface area (Å²) in [5, 5.41) is 6.47. The molecule has 1 aliphatic carbocycles. The van der Waals surface area contributed by atoms with Crippen LogP contribution in [0.15, 0.2) is 0 Å². The average Bonchev–Trinajstić information content (AvgIpc) is 2.97. The normalized spacial score (nSPS) is 18.4. The first-order valence-corrected chi connectivity index (χ1v) is 8.43. The molecule has 0 saturated heterocycles. The van der Waals surface area contributed by atoms with Gasteiger partial charge in [-0.2, -0.15) is 5.10 Å². The van der Waals surface area contributed by atoms with Crippen molar-refractivity contribution < 1.29 is 0 Å². The molecule has 1 atom stereocenters. The molecule has 1 unspecified atom stereocenters. The largest absolute Gasteiger partial charge is 0.271 e. The summed E-state index contributed by atoms with van der Waals surface area (Å²) in [5.74, 6) is 1.56. The third-order valence-electron chi connectivity index (χ3n) is 4.22. The van der Waals surface area contributed by atoms with Crippen molar-refractivity contribution in [3.05, 3.63) is 16.4 Å². The molecule has 2 rings (SSSR count). The minimum atomic E-state index is 0.699. The number of aromatic nitrogens is 2. The summed E-state index contributed by atoms with van der Waals surface area (Å²) in [4.78, 5) is 0. The molecule has 4 heteroatoms. The van der Waals surface area contributed by atoms with Crippen LogP contribution < -0.4 is 0 Å². The van der Waals surface area contributed by atoms with Gasteiger partial charge in [-0.1, -0.05) is 60.1 Å². The molecule has 1 heterocycles. The van der Waals surface area contributed by atoms with Gasteiger partial charge in [-0.05, 0) is 24.7 Å². The highest BCUT2D eigenvalue weighted by Crippen LogP contribution is 2.35. The van der Waals surface area contributed by atoms with Crippen molar-refractivity contribution in [2.75, 3.05) is 5.33 Å². The molecule has 0 bridgehead atoms. The van der Waals surface area contributed by atoms with Crippen LogP contribution in [0.4, 0.5) is 0 Å². The number of nitrogens with zero attached hydrogens (tertiary/aromatic N) is 2. The summed E-state index contributed by atoms with van der Waals surface area (Å²) < 4.78 is 1.98. The summed E-state index contributed by atoms with van der Waals surface area (Å²) in [6.45, 7) is 2.11. The summed E-state index contributed by atoms with van der Waals surface area (Å²) in [7, 11) is 2.01. The van der Waals surface area contributed by atoms with Crippen molar-refractivity contribution in [3.63, 3.8) is 0 Å². The van der Waals surface area contributed by atoms with Crippen LogP contribution in [-0.4, -0.2) is 15.1 Å². The predicted octanol–water partition coefficient (Wildman–Crippen LogP) is 4.38. The maximum atomic E-state index is 6.44. The van der Waals surface area contributed by atoms with Crippen LogP contribution in [0.1, 0.15) is 44.0 Å². The van der Waals surface area contributed by atoms with Gasteiger partial charge in [-0.3, -0.25) is 4.68 Å². The standard InChI is InChI=1S/C14H22BrClN2/c1-3-12-14(16)13(18(2)17-12)8-11(9-15)10-6-4-5-7-10/h10-11H,3-9H2,1-2H3. The monoisotopic (exact) mass is 332 g/mol. The molecule has 1 aliphatic rings. The number of hydrogen-bond donors (Lipinski definition) is 0. The smallest absolute Gasteiger partial charge is 0.0849 e. The molecule has 102 valence electrons. The fourth-order valence-corrected chi connectivity index (χ4v) is 4.19. The zero-order chi connectivity index (χ0) is 13.1.